The number of aromatic nitrogens is 3. The molecule has 0 bridgehead atoms. The number of carbonyl (C=O) groups excluding carboxylic acids is 1. The van der Waals surface area contributed by atoms with Crippen molar-refractivity contribution >= 4 is 5.91 Å². The summed E-state index contributed by atoms with van der Waals surface area (Å²) in [5.41, 5.74) is 5.89. The summed E-state index contributed by atoms with van der Waals surface area (Å²) in [4.78, 5) is 18.0. The molecular formula is C19H27N5O. The van der Waals surface area contributed by atoms with Crippen LogP contribution in [0.3, 0.4) is 0 Å². The van der Waals surface area contributed by atoms with Gasteiger partial charge < -0.3 is 5.32 Å². The molecule has 2 aromatic heterocycles. The molecule has 3 heterocycles. The average Bonchev–Trinajstić information content (AvgIpc) is 3.14. The maximum Gasteiger partial charge on any atom is 0.217 e. The van der Waals surface area contributed by atoms with E-state index in [0.717, 1.165) is 30.9 Å². The van der Waals surface area contributed by atoms with Gasteiger partial charge in [0.25, 0.3) is 0 Å². The largest absolute Gasteiger partial charge is 0.351 e. The van der Waals surface area contributed by atoms with Crippen LogP contribution in [0.5, 0.6) is 0 Å². The van der Waals surface area contributed by atoms with Crippen LogP contribution in [0, 0.1) is 13.8 Å². The van der Waals surface area contributed by atoms with Gasteiger partial charge in [-0.2, -0.15) is 5.10 Å². The lowest BCUT2D eigenvalue weighted by molar-refractivity contribution is -0.119. The van der Waals surface area contributed by atoms with Gasteiger partial charge in [0, 0.05) is 44.0 Å². The summed E-state index contributed by atoms with van der Waals surface area (Å²) in [5, 5.41) is 7.37. The molecule has 0 saturated carbocycles. The molecule has 0 spiro atoms. The van der Waals surface area contributed by atoms with Crippen LogP contribution in [0.2, 0.25) is 0 Å². The first-order valence-corrected chi connectivity index (χ1v) is 8.88. The van der Waals surface area contributed by atoms with E-state index in [0.29, 0.717) is 12.6 Å². The van der Waals surface area contributed by atoms with E-state index in [2.05, 4.69) is 46.3 Å². The van der Waals surface area contributed by atoms with Crippen molar-refractivity contribution in [2.75, 3.05) is 6.54 Å². The first-order valence-electron chi connectivity index (χ1n) is 8.88. The minimum atomic E-state index is -0.0303. The molecular weight excluding hydrogens is 314 g/mol. The average molecular weight is 341 g/mol. The predicted octanol–water partition coefficient (Wildman–Crippen LogP) is 2.41. The van der Waals surface area contributed by atoms with E-state index in [-0.39, 0.29) is 5.91 Å². The normalized spacial score (nSPS) is 17.8. The van der Waals surface area contributed by atoms with Gasteiger partial charge >= 0.3 is 0 Å². The van der Waals surface area contributed by atoms with Gasteiger partial charge in [0.2, 0.25) is 5.91 Å². The Balaban J connectivity index is 1.77. The zero-order valence-electron chi connectivity index (χ0n) is 15.5. The smallest absolute Gasteiger partial charge is 0.217 e. The van der Waals surface area contributed by atoms with E-state index in [4.69, 9.17) is 0 Å². The zero-order valence-corrected chi connectivity index (χ0v) is 15.5. The summed E-state index contributed by atoms with van der Waals surface area (Å²) in [7, 11) is 2.00. The third-order valence-corrected chi connectivity index (χ3v) is 5.13. The fourth-order valence-corrected chi connectivity index (χ4v) is 3.66. The highest BCUT2D eigenvalue weighted by molar-refractivity contribution is 5.72. The van der Waals surface area contributed by atoms with Crippen LogP contribution in [-0.4, -0.2) is 32.1 Å². The highest BCUT2D eigenvalue weighted by Gasteiger charge is 2.27. The number of hydrogen-bond donors (Lipinski definition) is 1. The summed E-state index contributed by atoms with van der Waals surface area (Å²) < 4.78 is 1.97. The van der Waals surface area contributed by atoms with Crippen molar-refractivity contribution in [3.63, 3.8) is 0 Å². The number of rotatable bonds is 5. The molecule has 134 valence electrons. The molecule has 3 rings (SSSR count). The monoisotopic (exact) mass is 341 g/mol. The Hall–Kier alpha value is -2.21. The molecule has 25 heavy (non-hydrogen) atoms. The molecule has 6 heteroatoms. The molecule has 1 saturated heterocycles. The summed E-state index contributed by atoms with van der Waals surface area (Å²) in [6.45, 7) is 8.27. The van der Waals surface area contributed by atoms with Gasteiger partial charge in [-0.3, -0.25) is 19.4 Å². The topological polar surface area (TPSA) is 63.1 Å². The SMILES string of the molecule is CC(=O)NCc1cc([C@H]2CCCN2Cc2c(C)nn(C)c2C)ccn1. The number of hydrogen-bond acceptors (Lipinski definition) is 4. The van der Waals surface area contributed by atoms with E-state index in [9.17, 15) is 4.79 Å². The molecule has 0 aromatic carbocycles. The minimum absolute atomic E-state index is 0.0303. The molecule has 1 amide bonds. The summed E-state index contributed by atoms with van der Waals surface area (Å²) in [6.07, 6.45) is 4.21. The Bertz CT molecular complexity index is 767. The Morgan fingerprint density at radius 3 is 2.88 bits per heavy atom. The van der Waals surface area contributed by atoms with Crippen molar-refractivity contribution in [1.29, 1.82) is 0 Å². The molecule has 1 aliphatic rings. The number of aryl methyl sites for hydroxylation is 2. The number of nitrogens with zero attached hydrogens (tertiary/aromatic N) is 4. The molecule has 1 atom stereocenters. The van der Waals surface area contributed by atoms with Gasteiger partial charge in [-0.1, -0.05) is 0 Å². The molecule has 1 fully saturated rings. The lowest BCUT2D eigenvalue weighted by Crippen LogP contribution is -2.24. The van der Waals surface area contributed by atoms with Gasteiger partial charge in [-0.05, 0) is 50.9 Å². The van der Waals surface area contributed by atoms with E-state index in [1.54, 1.807) is 0 Å². The Morgan fingerprint density at radius 1 is 1.40 bits per heavy atom. The third kappa shape index (κ3) is 3.90. The quantitative estimate of drug-likeness (QED) is 0.907. The summed E-state index contributed by atoms with van der Waals surface area (Å²) in [5.74, 6) is -0.0303. The van der Waals surface area contributed by atoms with Crippen LogP contribution in [0.15, 0.2) is 18.3 Å². The van der Waals surface area contributed by atoms with Crippen LogP contribution in [0.4, 0.5) is 0 Å². The number of likely N-dealkylation sites (tertiary alicyclic amines) is 1. The van der Waals surface area contributed by atoms with Crippen LogP contribution in [0.25, 0.3) is 0 Å². The van der Waals surface area contributed by atoms with Crippen LogP contribution < -0.4 is 5.32 Å². The Labute approximate surface area is 149 Å². The van der Waals surface area contributed by atoms with E-state index in [1.165, 1.54) is 30.2 Å². The van der Waals surface area contributed by atoms with Crippen LogP contribution in [0.1, 0.15) is 54.0 Å². The standard InChI is InChI=1S/C19H27N5O/c1-13-18(14(2)23(4)22-13)12-24-9-5-6-19(24)16-7-8-20-17(10-16)11-21-15(3)25/h7-8,10,19H,5-6,9,11-12H2,1-4H3,(H,21,25)/t19-/m1/s1. The highest BCUT2D eigenvalue weighted by atomic mass is 16.1. The predicted molar refractivity (Wildman–Crippen MR) is 96.8 cm³/mol. The second-order valence-corrected chi connectivity index (χ2v) is 6.89. The van der Waals surface area contributed by atoms with E-state index >= 15 is 0 Å². The number of pyridine rings is 1. The second kappa shape index (κ2) is 7.35. The maximum absolute atomic E-state index is 11.1. The van der Waals surface area contributed by atoms with Crippen LogP contribution >= 0.6 is 0 Å². The van der Waals surface area contributed by atoms with Crippen LogP contribution in [-0.2, 0) is 24.9 Å². The van der Waals surface area contributed by atoms with Crippen molar-refractivity contribution in [3.8, 4) is 0 Å². The van der Waals surface area contributed by atoms with Crippen molar-refractivity contribution in [3.05, 3.63) is 46.5 Å². The van der Waals surface area contributed by atoms with E-state index in [1.807, 2.05) is 17.9 Å². The van der Waals surface area contributed by atoms with Gasteiger partial charge in [0.1, 0.15) is 0 Å². The molecule has 0 aliphatic carbocycles. The first-order chi connectivity index (χ1) is 12.0. The molecule has 1 aliphatic heterocycles. The first kappa shape index (κ1) is 17.6. The third-order valence-electron chi connectivity index (χ3n) is 5.13. The maximum atomic E-state index is 11.1. The van der Waals surface area contributed by atoms with Gasteiger partial charge in [0.05, 0.1) is 17.9 Å². The van der Waals surface area contributed by atoms with Crippen molar-refractivity contribution in [1.82, 2.24) is 25.0 Å². The molecule has 2 aromatic rings. The Kier molecular flexibility index (Phi) is 5.18. The van der Waals surface area contributed by atoms with E-state index < -0.39 is 0 Å². The van der Waals surface area contributed by atoms with Gasteiger partial charge in [0.15, 0.2) is 0 Å². The van der Waals surface area contributed by atoms with Gasteiger partial charge in [-0.25, -0.2) is 0 Å². The van der Waals surface area contributed by atoms with Crippen molar-refractivity contribution in [2.24, 2.45) is 7.05 Å². The van der Waals surface area contributed by atoms with Gasteiger partial charge in [-0.15, -0.1) is 0 Å². The molecule has 1 N–H and O–H groups in total. The lowest BCUT2D eigenvalue weighted by Gasteiger charge is -2.25. The summed E-state index contributed by atoms with van der Waals surface area (Å²) in [6, 6.07) is 4.63. The molecule has 0 radical (unpaired) electrons. The molecule has 0 unspecified atom stereocenters. The number of nitrogens with one attached hydrogen (secondary N) is 1. The Morgan fingerprint density at radius 2 is 2.20 bits per heavy atom. The zero-order chi connectivity index (χ0) is 18.0. The van der Waals surface area contributed by atoms with Crippen molar-refractivity contribution < 1.29 is 4.79 Å². The second-order valence-electron chi connectivity index (χ2n) is 6.89. The fourth-order valence-electron chi connectivity index (χ4n) is 3.66. The summed E-state index contributed by atoms with van der Waals surface area (Å²) >= 11 is 0. The molecule has 6 nitrogen and oxygen atoms in total. The number of carbonyl (C=O) groups is 1. The minimum Gasteiger partial charge on any atom is -0.351 e. The van der Waals surface area contributed by atoms with Crippen molar-refractivity contribution in [2.45, 2.75) is 52.7 Å². The number of amides is 1. The fraction of sp³-hybridized carbons (Fsp3) is 0.526. The lowest BCUT2D eigenvalue weighted by atomic mass is 10.0. The highest BCUT2D eigenvalue weighted by Crippen LogP contribution is 2.34.